The molecule has 1 saturated carbocycles. The van der Waals surface area contributed by atoms with Crippen LogP contribution in [0, 0.1) is 17.9 Å². The Morgan fingerprint density at radius 1 is 1.32 bits per heavy atom. The molecule has 0 aliphatic heterocycles. The van der Waals surface area contributed by atoms with Gasteiger partial charge >= 0.3 is 0 Å². The molecule has 2 nitrogen and oxygen atoms in total. The molecule has 1 aliphatic carbocycles. The third-order valence-corrected chi connectivity index (χ3v) is 4.60. The number of halogens is 2. The fourth-order valence-corrected chi connectivity index (χ4v) is 2.89. The number of benzene rings is 1. The van der Waals surface area contributed by atoms with Gasteiger partial charge in [-0.15, -0.1) is 0 Å². The Hall–Kier alpha value is -0.730. The smallest absolute Gasteiger partial charge is 0.227 e. The lowest BCUT2D eigenvalue weighted by atomic mass is 9.80. The molecule has 0 saturated heterocycles. The highest BCUT2D eigenvalue weighted by atomic mass is 35.5. The summed E-state index contributed by atoms with van der Waals surface area (Å²) in [6, 6.07) is 6.13. The third kappa shape index (κ3) is 3.87. The van der Waals surface area contributed by atoms with Crippen LogP contribution in [0.4, 0.5) is 5.69 Å². The molecule has 1 amide bonds. The number of amides is 1. The van der Waals surface area contributed by atoms with Gasteiger partial charge in [0.05, 0.1) is 15.7 Å². The minimum Gasteiger partial charge on any atom is -0.325 e. The van der Waals surface area contributed by atoms with E-state index < -0.39 is 0 Å². The van der Waals surface area contributed by atoms with Crippen molar-refractivity contribution in [2.75, 3.05) is 5.32 Å². The van der Waals surface area contributed by atoms with Gasteiger partial charge in [-0.3, -0.25) is 4.79 Å². The van der Waals surface area contributed by atoms with E-state index in [1.807, 2.05) is 6.92 Å². The third-order valence-electron chi connectivity index (χ3n) is 3.88. The molecule has 103 valence electrons. The summed E-state index contributed by atoms with van der Waals surface area (Å²) in [4.78, 5) is 12.2. The molecule has 1 aromatic carbocycles. The summed E-state index contributed by atoms with van der Waals surface area (Å²) in [6.07, 6.45) is 6.08. The number of carbonyl (C=O) groups excluding carboxylic acids is 1. The van der Waals surface area contributed by atoms with E-state index in [-0.39, 0.29) is 11.8 Å². The second-order valence-electron chi connectivity index (χ2n) is 5.22. The molecule has 0 unspecified atom stereocenters. The second-order valence-corrected chi connectivity index (χ2v) is 6.03. The van der Waals surface area contributed by atoms with E-state index in [4.69, 9.17) is 23.2 Å². The Balaban J connectivity index is 1.97. The molecule has 1 aliphatic rings. The van der Waals surface area contributed by atoms with Crippen molar-refractivity contribution in [3.8, 4) is 0 Å². The van der Waals surface area contributed by atoms with Crippen LogP contribution < -0.4 is 5.32 Å². The maximum Gasteiger partial charge on any atom is 0.227 e. The lowest BCUT2D eigenvalue weighted by Gasteiger charge is -2.26. The van der Waals surface area contributed by atoms with Crippen LogP contribution in [0.15, 0.2) is 12.1 Å². The topological polar surface area (TPSA) is 29.1 Å². The van der Waals surface area contributed by atoms with Crippen molar-refractivity contribution in [2.24, 2.45) is 11.8 Å². The van der Waals surface area contributed by atoms with Crippen molar-refractivity contribution in [3.63, 3.8) is 0 Å². The van der Waals surface area contributed by atoms with Gasteiger partial charge in [-0.1, -0.05) is 49.4 Å². The zero-order valence-corrected chi connectivity index (χ0v) is 12.5. The largest absolute Gasteiger partial charge is 0.325 e. The second kappa shape index (κ2) is 6.62. The number of hydrogen-bond donors (Lipinski definition) is 1. The van der Waals surface area contributed by atoms with E-state index in [1.54, 1.807) is 12.1 Å². The fourth-order valence-electron chi connectivity index (χ4n) is 2.61. The summed E-state index contributed by atoms with van der Waals surface area (Å²) < 4.78 is 0. The van der Waals surface area contributed by atoms with Crippen LogP contribution in [0.5, 0.6) is 0 Å². The molecule has 0 heterocycles. The van der Waals surface area contributed by atoms with E-state index in [0.29, 0.717) is 21.7 Å². The summed E-state index contributed by atoms with van der Waals surface area (Å²) in [5.74, 6) is 0.571. The molecular formula is C15H18Cl2NO. The molecule has 1 radical (unpaired) electrons. The van der Waals surface area contributed by atoms with Crippen LogP contribution in [-0.2, 0) is 4.79 Å². The molecule has 2 rings (SSSR count). The van der Waals surface area contributed by atoms with Crippen LogP contribution >= 0.6 is 23.2 Å². The first kappa shape index (κ1) is 14.7. The number of anilines is 1. The molecule has 1 aromatic rings. The first-order valence-electron chi connectivity index (χ1n) is 6.75. The SMILES string of the molecule is C[C@H](C(=O)Nc1[c]cc(Cl)c(Cl)c1)C1CCCCC1. The lowest BCUT2D eigenvalue weighted by molar-refractivity contribution is -0.121. The Morgan fingerprint density at radius 3 is 2.63 bits per heavy atom. The standard InChI is InChI=1S/C15H18Cl2NO/c1-10(11-5-3-2-4-6-11)15(19)18-12-7-8-13(16)14(17)9-12/h8-11H,2-6H2,1H3,(H,18,19)/t10-/m0/s1. The van der Waals surface area contributed by atoms with Crippen LogP contribution in [0.25, 0.3) is 0 Å². The van der Waals surface area contributed by atoms with Gasteiger partial charge in [-0.25, -0.2) is 0 Å². The first-order valence-corrected chi connectivity index (χ1v) is 7.51. The van der Waals surface area contributed by atoms with E-state index in [0.717, 1.165) is 12.8 Å². The number of hydrogen-bond acceptors (Lipinski definition) is 1. The van der Waals surface area contributed by atoms with E-state index in [2.05, 4.69) is 11.4 Å². The highest BCUT2D eigenvalue weighted by molar-refractivity contribution is 6.42. The van der Waals surface area contributed by atoms with Gasteiger partial charge in [0, 0.05) is 12.0 Å². The molecular weight excluding hydrogens is 281 g/mol. The van der Waals surface area contributed by atoms with Crippen molar-refractivity contribution in [1.82, 2.24) is 0 Å². The van der Waals surface area contributed by atoms with Gasteiger partial charge in [0.2, 0.25) is 5.91 Å². The van der Waals surface area contributed by atoms with Gasteiger partial charge in [0.1, 0.15) is 0 Å². The molecule has 1 N–H and O–H groups in total. The van der Waals surface area contributed by atoms with E-state index in [9.17, 15) is 4.79 Å². The van der Waals surface area contributed by atoms with Gasteiger partial charge in [-0.05, 0) is 30.9 Å². The van der Waals surface area contributed by atoms with Crippen LogP contribution in [0.1, 0.15) is 39.0 Å². The average Bonchev–Trinajstić information content (AvgIpc) is 2.43. The number of rotatable bonds is 3. The Kier molecular flexibility index (Phi) is 5.12. The lowest BCUT2D eigenvalue weighted by Crippen LogP contribution is -2.28. The molecule has 0 spiro atoms. The maximum absolute atomic E-state index is 12.2. The molecule has 19 heavy (non-hydrogen) atoms. The van der Waals surface area contributed by atoms with Crippen molar-refractivity contribution < 1.29 is 4.79 Å². The highest BCUT2D eigenvalue weighted by Gasteiger charge is 2.25. The average molecular weight is 299 g/mol. The highest BCUT2D eigenvalue weighted by Crippen LogP contribution is 2.31. The van der Waals surface area contributed by atoms with Crippen molar-refractivity contribution in [2.45, 2.75) is 39.0 Å². The number of carbonyl (C=O) groups is 1. The Bertz CT molecular complexity index is 455. The Morgan fingerprint density at radius 2 is 2.00 bits per heavy atom. The molecule has 1 fully saturated rings. The Labute approximate surface area is 124 Å². The zero-order valence-electron chi connectivity index (χ0n) is 11.0. The fraction of sp³-hybridized carbons (Fsp3) is 0.533. The molecule has 1 atom stereocenters. The van der Waals surface area contributed by atoms with Gasteiger partial charge in [0.25, 0.3) is 0 Å². The molecule has 0 bridgehead atoms. The van der Waals surface area contributed by atoms with Gasteiger partial charge in [-0.2, -0.15) is 0 Å². The van der Waals surface area contributed by atoms with Crippen LogP contribution in [0.2, 0.25) is 10.0 Å². The predicted octanol–water partition coefficient (Wildman–Crippen LogP) is 4.95. The first-order chi connectivity index (χ1) is 9.08. The summed E-state index contributed by atoms with van der Waals surface area (Å²) in [5.41, 5.74) is 0.585. The van der Waals surface area contributed by atoms with Gasteiger partial charge in [0.15, 0.2) is 0 Å². The summed E-state index contributed by atoms with van der Waals surface area (Å²) in [6.45, 7) is 2.00. The number of nitrogens with one attached hydrogen (secondary N) is 1. The quantitative estimate of drug-likeness (QED) is 0.840. The van der Waals surface area contributed by atoms with Gasteiger partial charge < -0.3 is 5.32 Å². The van der Waals surface area contributed by atoms with Crippen LogP contribution in [0.3, 0.4) is 0 Å². The van der Waals surface area contributed by atoms with E-state index in [1.165, 1.54) is 19.3 Å². The maximum atomic E-state index is 12.2. The summed E-state index contributed by atoms with van der Waals surface area (Å²) in [7, 11) is 0. The monoisotopic (exact) mass is 298 g/mol. The summed E-state index contributed by atoms with van der Waals surface area (Å²) in [5, 5.41) is 3.75. The zero-order chi connectivity index (χ0) is 13.8. The minimum atomic E-state index is 0.0307. The predicted molar refractivity (Wildman–Crippen MR) is 79.7 cm³/mol. The molecule has 4 heteroatoms. The van der Waals surface area contributed by atoms with Crippen molar-refractivity contribution in [3.05, 3.63) is 28.2 Å². The van der Waals surface area contributed by atoms with Crippen molar-refractivity contribution in [1.29, 1.82) is 0 Å². The van der Waals surface area contributed by atoms with Crippen LogP contribution in [-0.4, -0.2) is 5.91 Å². The van der Waals surface area contributed by atoms with E-state index >= 15 is 0 Å². The summed E-state index contributed by atoms with van der Waals surface area (Å²) >= 11 is 11.7. The van der Waals surface area contributed by atoms with Crippen molar-refractivity contribution >= 4 is 34.8 Å². The minimum absolute atomic E-state index is 0.0307. The normalized spacial score (nSPS) is 18.1. The molecule has 0 aromatic heterocycles.